The molecule has 1 fully saturated rings. The summed E-state index contributed by atoms with van der Waals surface area (Å²) in [4.78, 5) is 13.3. The number of rotatable bonds is 3. The topological polar surface area (TPSA) is 55.6 Å². The summed E-state index contributed by atoms with van der Waals surface area (Å²) in [7, 11) is 1.64. The molecule has 0 bridgehead atoms. The molecule has 2 N–H and O–H groups in total. The van der Waals surface area contributed by atoms with E-state index in [-0.39, 0.29) is 18.0 Å². The lowest BCUT2D eigenvalue weighted by Gasteiger charge is -2.40. The van der Waals surface area contributed by atoms with Crippen molar-refractivity contribution in [3.8, 4) is 5.75 Å². The Morgan fingerprint density at radius 1 is 1.44 bits per heavy atom. The summed E-state index contributed by atoms with van der Waals surface area (Å²) in [6, 6.07) is 7.52. The van der Waals surface area contributed by atoms with E-state index in [1.165, 1.54) is 0 Å². The zero-order chi connectivity index (χ0) is 11.7. The molecule has 1 aliphatic rings. The van der Waals surface area contributed by atoms with Crippen LogP contribution in [0, 0.1) is 0 Å². The number of benzene rings is 1. The fourth-order valence-electron chi connectivity index (χ4n) is 1.89. The number of β-lactam (4-membered cyclic amide) rings is 1. The van der Waals surface area contributed by atoms with Crippen molar-refractivity contribution in [2.75, 3.05) is 13.7 Å². The average Bonchev–Trinajstić information content (AvgIpc) is 2.34. The van der Waals surface area contributed by atoms with Crippen LogP contribution in [-0.4, -0.2) is 30.5 Å². The summed E-state index contributed by atoms with van der Waals surface area (Å²) < 4.78 is 5.09. The van der Waals surface area contributed by atoms with Crippen molar-refractivity contribution in [2.45, 2.75) is 19.0 Å². The minimum absolute atomic E-state index is 0.0309. The lowest BCUT2D eigenvalue weighted by atomic mass is 10.0. The highest BCUT2D eigenvalue weighted by atomic mass is 16.5. The van der Waals surface area contributed by atoms with E-state index < -0.39 is 0 Å². The van der Waals surface area contributed by atoms with Crippen molar-refractivity contribution in [3.05, 3.63) is 29.8 Å². The molecule has 2 unspecified atom stereocenters. The highest BCUT2D eigenvalue weighted by Gasteiger charge is 2.36. The molecule has 1 aromatic rings. The minimum atomic E-state index is -0.305. The monoisotopic (exact) mass is 220 g/mol. The molecule has 0 radical (unpaired) electrons. The standard InChI is InChI=1S/C12H16N2O2/c1-8(14-7-11(13)12(14)15)9-3-5-10(16-2)6-4-9/h3-6,8,11H,7,13H2,1-2H3. The molecule has 1 aromatic carbocycles. The molecule has 0 aliphatic carbocycles. The zero-order valence-electron chi connectivity index (χ0n) is 9.51. The Kier molecular flexibility index (Phi) is 2.83. The van der Waals surface area contributed by atoms with Crippen LogP contribution in [0.4, 0.5) is 0 Å². The van der Waals surface area contributed by atoms with Gasteiger partial charge in [-0.3, -0.25) is 4.79 Å². The van der Waals surface area contributed by atoms with Gasteiger partial charge in [-0.25, -0.2) is 0 Å². The lowest BCUT2D eigenvalue weighted by molar-refractivity contribution is -0.145. The Balaban J connectivity index is 2.09. The van der Waals surface area contributed by atoms with E-state index in [1.807, 2.05) is 31.2 Å². The molecule has 1 saturated heterocycles. The van der Waals surface area contributed by atoms with E-state index in [2.05, 4.69) is 0 Å². The van der Waals surface area contributed by atoms with Gasteiger partial charge in [-0.2, -0.15) is 0 Å². The lowest BCUT2D eigenvalue weighted by Crippen LogP contribution is -2.61. The maximum absolute atomic E-state index is 11.5. The normalized spacial score (nSPS) is 21.6. The van der Waals surface area contributed by atoms with Crippen molar-refractivity contribution in [2.24, 2.45) is 5.73 Å². The van der Waals surface area contributed by atoms with Crippen molar-refractivity contribution in [3.63, 3.8) is 0 Å². The van der Waals surface area contributed by atoms with Crippen LogP contribution < -0.4 is 10.5 Å². The number of likely N-dealkylation sites (tertiary alicyclic amines) is 1. The number of hydrogen-bond acceptors (Lipinski definition) is 3. The summed E-state index contributed by atoms with van der Waals surface area (Å²) in [5.41, 5.74) is 6.66. The third-order valence-electron chi connectivity index (χ3n) is 3.06. The molecule has 0 aromatic heterocycles. The molecule has 1 heterocycles. The van der Waals surface area contributed by atoms with Gasteiger partial charge in [-0.05, 0) is 24.6 Å². The smallest absolute Gasteiger partial charge is 0.241 e. The molecule has 1 amide bonds. The second kappa shape index (κ2) is 4.14. The number of hydrogen-bond donors (Lipinski definition) is 1. The number of carbonyl (C=O) groups excluding carboxylic acids is 1. The van der Waals surface area contributed by atoms with Gasteiger partial charge in [-0.15, -0.1) is 0 Å². The Morgan fingerprint density at radius 3 is 2.50 bits per heavy atom. The Morgan fingerprint density at radius 2 is 2.06 bits per heavy atom. The van der Waals surface area contributed by atoms with Crippen molar-refractivity contribution >= 4 is 5.91 Å². The largest absolute Gasteiger partial charge is 0.497 e. The Hall–Kier alpha value is -1.55. The van der Waals surface area contributed by atoms with Gasteiger partial charge in [0.05, 0.1) is 13.2 Å². The molecule has 86 valence electrons. The van der Waals surface area contributed by atoms with Crippen LogP contribution in [0.3, 0.4) is 0 Å². The first kappa shape index (κ1) is 11.0. The highest BCUT2D eigenvalue weighted by Crippen LogP contribution is 2.26. The van der Waals surface area contributed by atoms with Crippen molar-refractivity contribution < 1.29 is 9.53 Å². The molecule has 0 spiro atoms. The molecule has 2 rings (SSSR count). The third kappa shape index (κ3) is 1.76. The van der Waals surface area contributed by atoms with Crippen LogP contribution in [0.2, 0.25) is 0 Å². The number of nitrogens with zero attached hydrogens (tertiary/aromatic N) is 1. The fourth-order valence-corrected chi connectivity index (χ4v) is 1.89. The number of carbonyl (C=O) groups is 1. The minimum Gasteiger partial charge on any atom is -0.497 e. The summed E-state index contributed by atoms with van der Waals surface area (Å²) in [5.74, 6) is 0.853. The van der Waals surface area contributed by atoms with Gasteiger partial charge in [0.25, 0.3) is 0 Å². The number of nitrogens with two attached hydrogens (primary N) is 1. The molecule has 2 atom stereocenters. The predicted octanol–water partition coefficient (Wildman–Crippen LogP) is 0.926. The van der Waals surface area contributed by atoms with Gasteiger partial charge >= 0.3 is 0 Å². The molecular weight excluding hydrogens is 204 g/mol. The second-order valence-electron chi connectivity index (χ2n) is 4.05. The van der Waals surface area contributed by atoms with Crippen LogP contribution in [0.5, 0.6) is 5.75 Å². The highest BCUT2D eigenvalue weighted by molar-refractivity contribution is 5.88. The van der Waals surface area contributed by atoms with Gasteiger partial charge in [0.1, 0.15) is 11.8 Å². The molecule has 0 saturated carbocycles. The van der Waals surface area contributed by atoms with Gasteiger partial charge in [-0.1, -0.05) is 12.1 Å². The number of ether oxygens (including phenoxy) is 1. The maximum Gasteiger partial charge on any atom is 0.241 e. The van der Waals surface area contributed by atoms with E-state index in [1.54, 1.807) is 12.0 Å². The summed E-state index contributed by atoms with van der Waals surface area (Å²) in [6.07, 6.45) is 0. The summed E-state index contributed by atoms with van der Waals surface area (Å²) >= 11 is 0. The average molecular weight is 220 g/mol. The first-order chi connectivity index (χ1) is 7.63. The van der Waals surface area contributed by atoms with Gasteiger partial charge in [0.2, 0.25) is 5.91 Å². The molecule has 1 aliphatic heterocycles. The number of methoxy groups -OCH3 is 1. The fraction of sp³-hybridized carbons (Fsp3) is 0.417. The van der Waals surface area contributed by atoms with Crippen LogP contribution in [-0.2, 0) is 4.79 Å². The van der Waals surface area contributed by atoms with E-state index >= 15 is 0 Å². The Bertz CT molecular complexity index is 389. The van der Waals surface area contributed by atoms with Gasteiger partial charge in [0.15, 0.2) is 0 Å². The second-order valence-corrected chi connectivity index (χ2v) is 4.05. The summed E-state index contributed by atoms with van der Waals surface area (Å²) in [6.45, 7) is 2.65. The van der Waals surface area contributed by atoms with Gasteiger partial charge in [0, 0.05) is 6.54 Å². The zero-order valence-corrected chi connectivity index (χ0v) is 9.51. The quantitative estimate of drug-likeness (QED) is 0.771. The molecule has 4 heteroatoms. The Labute approximate surface area is 95.0 Å². The van der Waals surface area contributed by atoms with Crippen molar-refractivity contribution in [1.29, 1.82) is 0 Å². The predicted molar refractivity (Wildman–Crippen MR) is 61.1 cm³/mol. The first-order valence-corrected chi connectivity index (χ1v) is 5.33. The van der Waals surface area contributed by atoms with Crippen LogP contribution in [0.15, 0.2) is 24.3 Å². The molecule has 4 nitrogen and oxygen atoms in total. The molecule has 16 heavy (non-hydrogen) atoms. The van der Waals surface area contributed by atoms with E-state index in [9.17, 15) is 4.79 Å². The van der Waals surface area contributed by atoms with Crippen LogP contribution in [0.25, 0.3) is 0 Å². The first-order valence-electron chi connectivity index (χ1n) is 5.33. The van der Waals surface area contributed by atoms with Crippen molar-refractivity contribution in [1.82, 2.24) is 4.90 Å². The van der Waals surface area contributed by atoms with E-state index in [4.69, 9.17) is 10.5 Å². The van der Waals surface area contributed by atoms with E-state index in [0.29, 0.717) is 6.54 Å². The summed E-state index contributed by atoms with van der Waals surface area (Å²) in [5, 5.41) is 0. The molecular formula is C12H16N2O2. The SMILES string of the molecule is COc1ccc(C(C)N2CC(N)C2=O)cc1. The van der Waals surface area contributed by atoms with E-state index in [0.717, 1.165) is 11.3 Å². The third-order valence-corrected chi connectivity index (χ3v) is 3.06. The number of amides is 1. The van der Waals surface area contributed by atoms with Crippen LogP contribution >= 0.6 is 0 Å². The van der Waals surface area contributed by atoms with Crippen LogP contribution in [0.1, 0.15) is 18.5 Å². The van der Waals surface area contributed by atoms with Gasteiger partial charge < -0.3 is 15.4 Å². The maximum atomic E-state index is 11.5.